The van der Waals surface area contributed by atoms with Crippen molar-refractivity contribution in [2.45, 2.75) is 122 Å². The van der Waals surface area contributed by atoms with E-state index in [2.05, 4.69) is 11.4 Å². The lowest BCUT2D eigenvalue weighted by Gasteiger charge is -2.30. The van der Waals surface area contributed by atoms with Gasteiger partial charge in [0.1, 0.15) is 12.2 Å². The Morgan fingerprint density at radius 3 is 1.55 bits per heavy atom. The van der Waals surface area contributed by atoms with Crippen molar-refractivity contribution in [1.29, 1.82) is 0 Å². The minimum absolute atomic E-state index is 0.114. The number of hydrogen-bond donors (Lipinski definition) is 2. The molecule has 0 bridgehead atoms. The molecule has 0 aliphatic rings. The molecular formula is C21H41O7P-2. The fourth-order valence-electron chi connectivity index (χ4n) is 3.29. The van der Waals surface area contributed by atoms with Crippen molar-refractivity contribution in [3.05, 3.63) is 0 Å². The maximum atomic E-state index is 11.8. The largest absolute Gasteiger partial charge is 0.790 e. The zero-order chi connectivity index (χ0) is 22.0. The minimum Gasteiger partial charge on any atom is -0.790 e. The molecule has 174 valence electrons. The second-order valence-corrected chi connectivity index (χ2v) is 9.07. The summed E-state index contributed by atoms with van der Waals surface area (Å²) in [5.74, 6) is -0.567. The van der Waals surface area contributed by atoms with E-state index >= 15 is 0 Å². The number of ketones is 1. The molecular weight excluding hydrogens is 395 g/mol. The predicted molar refractivity (Wildman–Crippen MR) is 110 cm³/mol. The predicted octanol–water partition coefficient (Wildman–Crippen LogP) is 3.38. The van der Waals surface area contributed by atoms with E-state index < -0.39 is 32.4 Å². The summed E-state index contributed by atoms with van der Waals surface area (Å²) in [6, 6.07) is 0. The van der Waals surface area contributed by atoms with E-state index in [0.29, 0.717) is 6.42 Å². The third-order valence-electron chi connectivity index (χ3n) is 5.12. The first-order chi connectivity index (χ1) is 13.8. The van der Waals surface area contributed by atoms with Crippen LogP contribution in [0, 0.1) is 0 Å². The van der Waals surface area contributed by atoms with Crippen LogP contribution in [-0.4, -0.2) is 34.8 Å². The van der Waals surface area contributed by atoms with Gasteiger partial charge in [0, 0.05) is 6.42 Å². The Morgan fingerprint density at radius 1 is 0.793 bits per heavy atom. The van der Waals surface area contributed by atoms with Crippen LogP contribution in [0.25, 0.3) is 0 Å². The molecule has 0 radical (unpaired) electrons. The van der Waals surface area contributed by atoms with E-state index in [1.54, 1.807) is 0 Å². The van der Waals surface area contributed by atoms with Gasteiger partial charge < -0.3 is 29.1 Å². The van der Waals surface area contributed by atoms with E-state index in [-0.39, 0.29) is 6.42 Å². The monoisotopic (exact) mass is 436 g/mol. The van der Waals surface area contributed by atoms with Crippen LogP contribution < -0.4 is 9.79 Å². The lowest BCUT2D eigenvalue weighted by Crippen LogP contribution is -2.37. The number of hydrogen-bond acceptors (Lipinski definition) is 7. The Kier molecular flexibility index (Phi) is 18.3. The molecule has 0 rings (SSSR count). The highest BCUT2D eigenvalue weighted by Crippen LogP contribution is 2.25. The summed E-state index contributed by atoms with van der Waals surface area (Å²) in [7, 11) is -5.23. The number of phosphoric acid groups is 1. The van der Waals surface area contributed by atoms with Crippen LogP contribution in [0.3, 0.4) is 0 Å². The Morgan fingerprint density at radius 2 is 1.17 bits per heavy atom. The molecule has 0 aliphatic carbocycles. The van der Waals surface area contributed by atoms with Crippen molar-refractivity contribution in [1.82, 2.24) is 0 Å². The molecule has 2 atom stereocenters. The summed E-state index contributed by atoms with van der Waals surface area (Å²) < 4.78 is 14.2. The first-order valence-electron chi connectivity index (χ1n) is 11.3. The Hall–Kier alpha value is -0.300. The zero-order valence-corrected chi connectivity index (χ0v) is 19.0. The normalized spacial score (nSPS) is 14.1. The highest BCUT2D eigenvalue weighted by Gasteiger charge is 2.24. The van der Waals surface area contributed by atoms with E-state index in [0.717, 1.165) is 19.3 Å². The molecule has 0 spiro atoms. The topological polar surface area (TPSA) is 130 Å². The Balaban J connectivity index is 3.45. The van der Waals surface area contributed by atoms with E-state index in [9.17, 15) is 29.4 Å². The number of unbranched alkanes of at least 4 members (excludes halogenated alkanes) is 14. The molecule has 0 saturated carbocycles. The SMILES string of the molecule is CCCCCCCCCCCCCCCCCC(=O)C(O)C(O)COP(=O)([O-])[O-]. The zero-order valence-electron chi connectivity index (χ0n) is 18.1. The average Bonchev–Trinajstić information content (AvgIpc) is 2.67. The van der Waals surface area contributed by atoms with Gasteiger partial charge in [0.05, 0.1) is 14.4 Å². The fourth-order valence-corrected chi connectivity index (χ4v) is 3.63. The quantitative estimate of drug-likeness (QED) is 0.208. The van der Waals surface area contributed by atoms with Gasteiger partial charge in [-0.05, 0) is 6.42 Å². The third kappa shape index (κ3) is 19.4. The van der Waals surface area contributed by atoms with Gasteiger partial charge in [-0.2, -0.15) is 0 Å². The number of Topliss-reactive ketones (excluding diaryl/α,β-unsaturated/α-hetero) is 1. The molecule has 0 heterocycles. The molecule has 8 heteroatoms. The van der Waals surface area contributed by atoms with Gasteiger partial charge in [-0.15, -0.1) is 0 Å². The van der Waals surface area contributed by atoms with Crippen LogP contribution in [-0.2, 0) is 13.9 Å². The van der Waals surface area contributed by atoms with Crippen molar-refractivity contribution in [3.63, 3.8) is 0 Å². The molecule has 0 aliphatic heterocycles. The summed E-state index contributed by atoms with van der Waals surface area (Å²) >= 11 is 0. The lowest BCUT2D eigenvalue weighted by molar-refractivity contribution is -0.343. The van der Waals surface area contributed by atoms with Gasteiger partial charge in [0.2, 0.25) is 0 Å². The molecule has 0 aromatic heterocycles. The molecule has 0 aromatic rings. The Bertz CT molecular complexity index is 439. The molecule has 2 unspecified atom stereocenters. The number of aliphatic hydroxyl groups is 2. The molecule has 29 heavy (non-hydrogen) atoms. The highest BCUT2D eigenvalue weighted by molar-refractivity contribution is 7.43. The lowest BCUT2D eigenvalue weighted by atomic mass is 10.0. The maximum absolute atomic E-state index is 11.8. The van der Waals surface area contributed by atoms with E-state index in [1.165, 1.54) is 70.6 Å². The van der Waals surface area contributed by atoms with E-state index in [1.807, 2.05) is 0 Å². The summed E-state index contributed by atoms with van der Waals surface area (Å²) in [4.78, 5) is 32.4. The number of aliphatic hydroxyl groups excluding tert-OH is 2. The fraction of sp³-hybridized carbons (Fsp3) is 0.952. The van der Waals surface area contributed by atoms with Crippen molar-refractivity contribution >= 4 is 13.6 Å². The van der Waals surface area contributed by atoms with Crippen molar-refractivity contribution in [2.24, 2.45) is 0 Å². The van der Waals surface area contributed by atoms with Crippen LogP contribution in [0.4, 0.5) is 0 Å². The molecule has 0 aromatic carbocycles. The molecule has 2 N–H and O–H groups in total. The summed E-state index contributed by atoms with van der Waals surface area (Å²) in [6.45, 7) is 1.33. The summed E-state index contributed by atoms with van der Waals surface area (Å²) in [5.41, 5.74) is 0. The van der Waals surface area contributed by atoms with Gasteiger partial charge in [0.25, 0.3) is 0 Å². The van der Waals surface area contributed by atoms with Gasteiger partial charge >= 0.3 is 0 Å². The molecule has 0 fully saturated rings. The van der Waals surface area contributed by atoms with E-state index in [4.69, 9.17) is 0 Å². The number of carbonyl (C=O) groups excluding carboxylic acids is 1. The maximum Gasteiger partial charge on any atom is 0.164 e. The second kappa shape index (κ2) is 18.5. The molecule has 0 amide bonds. The van der Waals surface area contributed by atoms with Gasteiger partial charge in [-0.25, -0.2) is 0 Å². The van der Waals surface area contributed by atoms with Crippen LogP contribution in [0.1, 0.15) is 110 Å². The van der Waals surface area contributed by atoms with Crippen LogP contribution in [0.2, 0.25) is 0 Å². The Labute approximate surface area is 176 Å². The van der Waals surface area contributed by atoms with Crippen molar-refractivity contribution in [3.8, 4) is 0 Å². The standard InChI is InChI=1S/C21H43O7P/c1-2-3-4-5-6-7-8-9-10-11-12-13-14-15-16-17-19(22)21(24)20(23)18-28-29(25,26)27/h20-21,23-24H,2-18H2,1H3,(H2,25,26,27)/p-2. The number of carbonyl (C=O) groups is 1. The summed E-state index contributed by atoms with van der Waals surface area (Å²) in [5, 5.41) is 19.1. The minimum atomic E-state index is -5.23. The average molecular weight is 437 g/mol. The van der Waals surface area contributed by atoms with Crippen molar-refractivity contribution < 1.29 is 33.9 Å². The van der Waals surface area contributed by atoms with Crippen LogP contribution in [0.5, 0.6) is 0 Å². The van der Waals surface area contributed by atoms with Crippen LogP contribution in [0.15, 0.2) is 0 Å². The summed E-state index contributed by atoms with van der Waals surface area (Å²) in [6.07, 6.45) is 14.9. The van der Waals surface area contributed by atoms with Gasteiger partial charge in [-0.3, -0.25) is 4.79 Å². The van der Waals surface area contributed by atoms with Crippen LogP contribution >= 0.6 is 7.82 Å². The highest BCUT2D eigenvalue weighted by atomic mass is 31.2. The second-order valence-electron chi connectivity index (χ2n) is 7.92. The van der Waals surface area contributed by atoms with Gasteiger partial charge in [-0.1, -0.05) is 96.8 Å². The molecule has 0 saturated heterocycles. The smallest absolute Gasteiger partial charge is 0.164 e. The number of phosphoric ester groups is 1. The third-order valence-corrected chi connectivity index (χ3v) is 5.59. The number of rotatable bonds is 21. The molecule has 7 nitrogen and oxygen atoms in total. The first-order valence-corrected chi connectivity index (χ1v) is 12.8. The van der Waals surface area contributed by atoms with Gasteiger partial charge in [0.15, 0.2) is 5.78 Å². The van der Waals surface area contributed by atoms with Crippen molar-refractivity contribution in [2.75, 3.05) is 6.61 Å². The first kappa shape index (κ1) is 28.7.